The highest BCUT2D eigenvalue weighted by atomic mass is 32.1. The zero-order chi connectivity index (χ0) is 14.1. The van der Waals surface area contributed by atoms with Crippen LogP contribution in [0.3, 0.4) is 0 Å². The van der Waals surface area contributed by atoms with E-state index in [4.69, 9.17) is 0 Å². The number of nitrogens with one attached hydrogen (secondary N) is 1. The van der Waals surface area contributed by atoms with Crippen LogP contribution >= 0.6 is 11.3 Å². The Hall–Kier alpha value is -0.870. The Bertz CT molecular complexity index is 454. The van der Waals surface area contributed by atoms with Crippen LogP contribution in [0.15, 0.2) is 10.8 Å². The van der Waals surface area contributed by atoms with Crippen LogP contribution in [-0.4, -0.2) is 23.2 Å². The lowest BCUT2D eigenvalue weighted by atomic mass is 9.71. The van der Waals surface area contributed by atoms with Crippen LogP contribution < -0.4 is 5.32 Å². The van der Waals surface area contributed by atoms with E-state index in [0.717, 1.165) is 36.8 Å². The second kappa shape index (κ2) is 5.25. The van der Waals surface area contributed by atoms with E-state index in [1.807, 2.05) is 17.7 Å². The molecule has 1 heterocycles. The smallest absolute Gasteiger partial charge is 0.252 e. The molecule has 1 amide bonds. The minimum atomic E-state index is -0.727. The van der Waals surface area contributed by atoms with Crippen molar-refractivity contribution in [3.05, 3.63) is 21.9 Å². The van der Waals surface area contributed by atoms with Crippen molar-refractivity contribution in [3.63, 3.8) is 0 Å². The van der Waals surface area contributed by atoms with E-state index < -0.39 is 5.60 Å². The van der Waals surface area contributed by atoms with Crippen LogP contribution in [0.1, 0.15) is 55.5 Å². The highest BCUT2D eigenvalue weighted by Gasteiger charge is 2.36. The van der Waals surface area contributed by atoms with Crippen LogP contribution in [0.4, 0.5) is 0 Å². The summed E-state index contributed by atoms with van der Waals surface area (Å²) in [6.07, 6.45) is 3.56. The van der Waals surface area contributed by atoms with Gasteiger partial charge >= 0.3 is 0 Å². The summed E-state index contributed by atoms with van der Waals surface area (Å²) >= 11 is 1.53. The van der Waals surface area contributed by atoms with E-state index in [1.54, 1.807) is 0 Å². The summed E-state index contributed by atoms with van der Waals surface area (Å²) in [7, 11) is 0. The first-order valence-electron chi connectivity index (χ1n) is 6.85. The number of rotatable bonds is 3. The quantitative estimate of drug-likeness (QED) is 0.894. The molecule has 0 spiro atoms. The Balaban J connectivity index is 1.89. The van der Waals surface area contributed by atoms with Crippen LogP contribution in [0.5, 0.6) is 0 Å². The number of aliphatic hydroxyl groups is 1. The van der Waals surface area contributed by atoms with Gasteiger partial charge in [0.15, 0.2) is 0 Å². The Morgan fingerprint density at radius 3 is 2.47 bits per heavy atom. The normalized spacial score (nSPS) is 21.1. The van der Waals surface area contributed by atoms with E-state index in [0.29, 0.717) is 12.0 Å². The van der Waals surface area contributed by atoms with Gasteiger partial charge in [0.2, 0.25) is 0 Å². The van der Waals surface area contributed by atoms with Crippen molar-refractivity contribution in [1.29, 1.82) is 0 Å². The molecule has 19 heavy (non-hydrogen) atoms. The summed E-state index contributed by atoms with van der Waals surface area (Å²) < 4.78 is 0. The van der Waals surface area contributed by atoms with Gasteiger partial charge in [-0.2, -0.15) is 11.3 Å². The maximum absolute atomic E-state index is 12.0. The average Bonchev–Trinajstić information content (AvgIpc) is 2.77. The Morgan fingerprint density at radius 2 is 1.95 bits per heavy atom. The van der Waals surface area contributed by atoms with Gasteiger partial charge in [0.1, 0.15) is 0 Å². The predicted octanol–water partition coefficient (Wildman–Crippen LogP) is 3.12. The number of amides is 1. The first kappa shape index (κ1) is 14.5. The predicted molar refractivity (Wildman–Crippen MR) is 78.6 cm³/mol. The Labute approximate surface area is 119 Å². The van der Waals surface area contributed by atoms with Crippen molar-refractivity contribution in [2.24, 2.45) is 5.41 Å². The molecule has 1 aromatic rings. The van der Waals surface area contributed by atoms with Crippen LogP contribution in [-0.2, 0) is 0 Å². The fraction of sp³-hybridized carbons (Fsp3) is 0.667. The molecule has 1 aliphatic carbocycles. The van der Waals surface area contributed by atoms with E-state index in [2.05, 4.69) is 19.2 Å². The van der Waals surface area contributed by atoms with Gasteiger partial charge < -0.3 is 10.4 Å². The van der Waals surface area contributed by atoms with E-state index in [9.17, 15) is 9.90 Å². The third kappa shape index (κ3) is 3.57. The van der Waals surface area contributed by atoms with Crippen molar-refractivity contribution in [1.82, 2.24) is 5.32 Å². The lowest BCUT2D eigenvalue weighted by Crippen LogP contribution is -2.46. The number of carbonyl (C=O) groups is 1. The molecule has 1 aromatic heterocycles. The van der Waals surface area contributed by atoms with Gasteiger partial charge in [-0.3, -0.25) is 4.79 Å². The number of thiophene rings is 1. The first-order chi connectivity index (χ1) is 8.81. The number of carbonyl (C=O) groups excluding carboxylic acids is 1. The minimum Gasteiger partial charge on any atom is -0.388 e. The molecule has 0 aromatic carbocycles. The summed E-state index contributed by atoms with van der Waals surface area (Å²) in [6.45, 7) is 6.76. The van der Waals surface area contributed by atoms with Crippen molar-refractivity contribution in [2.45, 2.75) is 52.1 Å². The van der Waals surface area contributed by atoms with Crippen molar-refractivity contribution in [3.8, 4) is 0 Å². The maximum atomic E-state index is 12.0. The fourth-order valence-corrected chi connectivity index (χ4v) is 3.33. The standard InChI is InChI=1S/C15H23NO2S/c1-11-8-19-9-12(11)13(17)16-10-15(18)6-4-14(2,3)5-7-15/h8-9,18H,4-7,10H2,1-3H3,(H,16,17). The topological polar surface area (TPSA) is 49.3 Å². The zero-order valence-electron chi connectivity index (χ0n) is 12.0. The molecule has 1 aliphatic rings. The summed E-state index contributed by atoms with van der Waals surface area (Å²) in [6, 6.07) is 0. The molecule has 2 N–H and O–H groups in total. The molecule has 0 saturated heterocycles. The summed E-state index contributed by atoms with van der Waals surface area (Å²) in [5, 5.41) is 17.2. The molecule has 2 rings (SSSR count). The second-order valence-corrected chi connectivity index (χ2v) is 7.28. The molecule has 0 bridgehead atoms. The molecule has 0 unspecified atom stereocenters. The number of aryl methyl sites for hydroxylation is 1. The zero-order valence-corrected chi connectivity index (χ0v) is 12.8. The first-order valence-corrected chi connectivity index (χ1v) is 7.79. The number of hydrogen-bond acceptors (Lipinski definition) is 3. The van der Waals surface area contributed by atoms with Crippen molar-refractivity contribution >= 4 is 17.2 Å². The fourth-order valence-electron chi connectivity index (χ4n) is 2.50. The van der Waals surface area contributed by atoms with Crippen molar-refractivity contribution < 1.29 is 9.90 Å². The third-order valence-electron chi connectivity index (χ3n) is 4.21. The van der Waals surface area contributed by atoms with E-state index in [1.165, 1.54) is 11.3 Å². The lowest BCUT2D eigenvalue weighted by Gasteiger charge is -2.40. The summed E-state index contributed by atoms with van der Waals surface area (Å²) in [5.41, 5.74) is 1.32. The highest BCUT2D eigenvalue weighted by molar-refractivity contribution is 7.08. The molecule has 4 heteroatoms. The monoisotopic (exact) mass is 281 g/mol. The minimum absolute atomic E-state index is 0.0722. The average molecular weight is 281 g/mol. The lowest BCUT2D eigenvalue weighted by molar-refractivity contribution is -0.0233. The Morgan fingerprint density at radius 1 is 1.32 bits per heavy atom. The van der Waals surface area contributed by atoms with Gasteiger partial charge in [0.05, 0.1) is 11.2 Å². The molecule has 0 radical (unpaired) electrons. The van der Waals surface area contributed by atoms with Crippen molar-refractivity contribution in [2.75, 3.05) is 6.54 Å². The van der Waals surface area contributed by atoms with E-state index in [-0.39, 0.29) is 5.91 Å². The Kier molecular flexibility index (Phi) is 4.02. The largest absolute Gasteiger partial charge is 0.388 e. The van der Waals surface area contributed by atoms with E-state index >= 15 is 0 Å². The summed E-state index contributed by atoms with van der Waals surface area (Å²) in [5.74, 6) is -0.0722. The summed E-state index contributed by atoms with van der Waals surface area (Å²) in [4.78, 5) is 12.0. The molecular formula is C15H23NO2S. The molecular weight excluding hydrogens is 258 g/mol. The second-order valence-electron chi connectivity index (χ2n) is 6.54. The van der Waals surface area contributed by atoms with Gasteiger partial charge in [-0.1, -0.05) is 13.8 Å². The van der Waals surface area contributed by atoms with Gasteiger partial charge in [-0.25, -0.2) is 0 Å². The molecule has 106 valence electrons. The van der Waals surface area contributed by atoms with Crippen LogP contribution in [0, 0.1) is 12.3 Å². The van der Waals surface area contributed by atoms with Gasteiger partial charge in [0, 0.05) is 11.9 Å². The molecule has 3 nitrogen and oxygen atoms in total. The van der Waals surface area contributed by atoms with Gasteiger partial charge in [-0.15, -0.1) is 0 Å². The highest BCUT2D eigenvalue weighted by Crippen LogP contribution is 2.39. The maximum Gasteiger partial charge on any atom is 0.252 e. The van der Waals surface area contributed by atoms with Crippen LogP contribution in [0.25, 0.3) is 0 Å². The molecule has 1 saturated carbocycles. The van der Waals surface area contributed by atoms with Gasteiger partial charge in [-0.05, 0) is 49.0 Å². The number of hydrogen-bond donors (Lipinski definition) is 2. The van der Waals surface area contributed by atoms with Gasteiger partial charge in [0.25, 0.3) is 5.91 Å². The SMILES string of the molecule is Cc1cscc1C(=O)NCC1(O)CCC(C)(C)CC1. The molecule has 0 atom stereocenters. The molecule has 0 aliphatic heterocycles. The van der Waals surface area contributed by atoms with Crippen LogP contribution in [0.2, 0.25) is 0 Å². The molecule has 1 fully saturated rings. The third-order valence-corrected chi connectivity index (χ3v) is 5.07.